The van der Waals surface area contributed by atoms with Crippen LogP contribution in [0.15, 0.2) is 69.6 Å². The van der Waals surface area contributed by atoms with Crippen LogP contribution in [0.5, 0.6) is 0 Å². The molecule has 2 saturated heterocycles. The van der Waals surface area contributed by atoms with Crippen molar-refractivity contribution in [3.8, 4) is 0 Å². The molecule has 34 heavy (non-hydrogen) atoms. The molecule has 0 spiro atoms. The van der Waals surface area contributed by atoms with Crippen LogP contribution in [0, 0.1) is 47.3 Å². The van der Waals surface area contributed by atoms with E-state index >= 15 is 0 Å². The van der Waals surface area contributed by atoms with Crippen LogP contribution in [-0.2, 0) is 19.2 Å². The molecule has 2 aliphatic heterocycles. The minimum absolute atomic E-state index is 0.0835. The van der Waals surface area contributed by atoms with Gasteiger partial charge in [0.05, 0.1) is 35.0 Å². The lowest BCUT2D eigenvalue weighted by Crippen LogP contribution is -2.63. The van der Waals surface area contributed by atoms with Crippen molar-refractivity contribution in [3.63, 3.8) is 0 Å². The number of nitrogens with zero attached hydrogens (tertiary/aromatic N) is 2. The van der Waals surface area contributed by atoms with Gasteiger partial charge in [-0.05, 0) is 72.2 Å². The molecule has 4 amide bonds. The van der Waals surface area contributed by atoms with Crippen molar-refractivity contribution in [2.75, 3.05) is 9.80 Å². The first-order valence-electron chi connectivity index (χ1n) is 11.3. The van der Waals surface area contributed by atoms with Crippen LogP contribution in [0.3, 0.4) is 0 Å². The second kappa shape index (κ2) is 6.98. The number of imide groups is 2. The molecule has 0 N–H and O–H groups in total. The summed E-state index contributed by atoms with van der Waals surface area (Å²) in [6, 6.07) is 14.3. The first kappa shape index (κ1) is 20.8. The van der Waals surface area contributed by atoms with E-state index in [0.717, 1.165) is 8.95 Å². The van der Waals surface area contributed by atoms with E-state index in [4.69, 9.17) is 0 Å². The third kappa shape index (κ3) is 2.45. The number of carbonyl (C=O) groups excluding carboxylic acids is 4. The van der Waals surface area contributed by atoms with E-state index in [1.54, 1.807) is 24.3 Å². The van der Waals surface area contributed by atoms with E-state index < -0.39 is 23.7 Å². The minimum Gasteiger partial charge on any atom is -0.274 e. The number of rotatable bonds is 2. The number of halogens is 2. The SMILES string of the molecule is O=C1[C@@H]2[C@H]3C=C[C@@H]([C@@H]2C(=O)N1c1ccc(Br)cc1)[C@@H]1[C@@H]2C(=O)N(c4ccc(Br)cc4)C(=O)[C@H]2[C@H]31. The van der Waals surface area contributed by atoms with E-state index in [1.807, 2.05) is 36.4 Å². The number of hydrogen-bond acceptors (Lipinski definition) is 4. The number of amides is 4. The van der Waals surface area contributed by atoms with Gasteiger partial charge in [-0.1, -0.05) is 44.0 Å². The Bertz CT molecular complexity index is 1270. The van der Waals surface area contributed by atoms with Crippen LogP contribution in [0.4, 0.5) is 11.4 Å². The first-order chi connectivity index (χ1) is 16.4. The van der Waals surface area contributed by atoms with Gasteiger partial charge in [0.1, 0.15) is 0 Å². The smallest absolute Gasteiger partial charge is 0.238 e. The van der Waals surface area contributed by atoms with E-state index in [-0.39, 0.29) is 47.3 Å². The molecule has 0 aromatic heterocycles. The van der Waals surface area contributed by atoms with Crippen molar-refractivity contribution >= 4 is 66.9 Å². The molecular weight excluding hydrogens is 564 g/mol. The van der Waals surface area contributed by atoms with E-state index in [9.17, 15) is 19.2 Å². The lowest BCUT2D eigenvalue weighted by molar-refractivity contribution is -0.166. The molecule has 0 unspecified atom stereocenters. The number of anilines is 2. The van der Waals surface area contributed by atoms with Gasteiger partial charge in [0.15, 0.2) is 0 Å². The zero-order chi connectivity index (χ0) is 23.5. The predicted octanol–water partition coefficient (Wildman–Crippen LogP) is 4.18. The van der Waals surface area contributed by atoms with Crippen LogP contribution < -0.4 is 9.80 Å². The number of carbonyl (C=O) groups is 4. The maximum Gasteiger partial charge on any atom is 0.238 e. The Morgan fingerprint density at radius 1 is 0.500 bits per heavy atom. The Hall–Kier alpha value is -2.58. The fourth-order valence-electron chi connectivity index (χ4n) is 7.29. The van der Waals surface area contributed by atoms with Crippen molar-refractivity contribution < 1.29 is 19.2 Å². The molecular formula is C26H18Br2N2O4. The molecule has 170 valence electrons. The minimum atomic E-state index is -0.474. The molecule has 4 fully saturated rings. The zero-order valence-corrected chi connectivity index (χ0v) is 20.8. The van der Waals surface area contributed by atoms with Crippen molar-refractivity contribution in [1.29, 1.82) is 0 Å². The van der Waals surface area contributed by atoms with Gasteiger partial charge in [-0.3, -0.25) is 29.0 Å². The maximum absolute atomic E-state index is 13.6. The highest BCUT2D eigenvalue weighted by Crippen LogP contribution is 2.68. The molecule has 8 atom stereocenters. The Balaban J connectivity index is 1.25. The lowest BCUT2D eigenvalue weighted by Gasteiger charge is -2.60. The first-order valence-corrected chi connectivity index (χ1v) is 12.9. The standard InChI is InChI=1S/C26H18Br2N2O4/c27-11-1-5-13(6-2-11)29-23(31)19-15-9-10-16(20(19)24(29)32)18-17(15)21-22(18)26(34)30(25(21)33)14-7-3-12(28)4-8-14/h1-10,15-22H/t15-,16+,17+,18-,19+,20-,21-,22-/m0/s1. The number of allylic oxidation sites excluding steroid dienone is 2. The number of fused-ring (bicyclic) bond motifs is 1. The van der Waals surface area contributed by atoms with Crippen molar-refractivity contribution in [3.05, 3.63) is 69.6 Å². The monoisotopic (exact) mass is 580 g/mol. The van der Waals surface area contributed by atoms with Gasteiger partial charge in [-0.15, -0.1) is 0 Å². The summed E-state index contributed by atoms with van der Waals surface area (Å²) in [5.74, 6) is -3.14. The van der Waals surface area contributed by atoms with Gasteiger partial charge in [0.25, 0.3) is 0 Å². The second-order valence-corrected chi connectivity index (χ2v) is 11.6. The molecule has 2 heterocycles. The van der Waals surface area contributed by atoms with Crippen LogP contribution in [0.25, 0.3) is 0 Å². The molecule has 2 saturated carbocycles. The molecule has 0 radical (unpaired) electrons. The molecule has 2 bridgehead atoms. The normalized spacial score (nSPS) is 37.1. The largest absolute Gasteiger partial charge is 0.274 e. The van der Waals surface area contributed by atoms with Crippen molar-refractivity contribution in [2.45, 2.75) is 0 Å². The summed E-state index contributed by atoms with van der Waals surface area (Å²) >= 11 is 6.79. The average molecular weight is 582 g/mol. The summed E-state index contributed by atoms with van der Waals surface area (Å²) in [7, 11) is 0. The van der Waals surface area contributed by atoms with Crippen molar-refractivity contribution in [1.82, 2.24) is 0 Å². The third-order valence-electron chi connectivity index (χ3n) is 8.51. The zero-order valence-electron chi connectivity index (χ0n) is 17.7. The second-order valence-electron chi connectivity index (χ2n) is 9.77. The maximum atomic E-state index is 13.6. The third-order valence-corrected chi connectivity index (χ3v) is 9.57. The van der Waals surface area contributed by atoms with Crippen molar-refractivity contribution in [2.24, 2.45) is 47.3 Å². The Morgan fingerprint density at radius 3 is 1.18 bits per heavy atom. The van der Waals surface area contributed by atoms with Crippen LogP contribution in [-0.4, -0.2) is 23.6 Å². The van der Waals surface area contributed by atoms with Gasteiger partial charge in [0, 0.05) is 8.95 Å². The summed E-state index contributed by atoms with van der Waals surface area (Å²) in [5, 5.41) is 0. The molecule has 8 heteroatoms. The average Bonchev–Trinajstić information content (AvgIpc) is 3.19. The molecule has 4 aliphatic carbocycles. The van der Waals surface area contributed by atoms with E-state index in [1.165, 1.54) is 9.80 Å². The Labute approximate surface area is 212 Å². The summed E-state index contributed by atoms with van der Waals surface area (Å²) in [6.45, 7) is 0. The van der Waals surface area contributed by atoms with E-state index in [0.29, 0.717) is 11.4 Å². The van der Waals surface area contributed by atoms with E-state index in [2.05, 4.69) is 31.9 Å². The molecule has 6 aliphatic rings. The van der Waals surface area contributed by atoms with Crippen LogP contribution >= 0.6 is 31.9 Å². The van der Waals surface area contributed by atoms with Gasteiger partial charge < -0.3 is 0 Å². The summed E-state index contributed by atoms with van der Waals surface area (Å²) in [4.78, 5) is 56.6. The fraction of sp³-hybridized carbons (Fsp3) is 0.308. The molecule has 2 aromatic rings. The highest BCUT2D eigenvalue weighted by Gasteiger charge is 2.75. The summed E-state index contributed by atoms with van der Waals surface area (Å²) < 4.78 is 1.74. The molecule has 6 nitrogen and oxygen atoms in total. The van der Waals surface area contributed by atoms with Crippen LogP contribution in [0.1, 0.15) is 0 Å². The summed E-state index contributed by atoms with van der Waals surface area (Å²) in [6.07, 6.45) is 4.05. The van der Waals surface area contributed by atoms with Gasteiger partial charge in [0.2, 0.25) is 23.6 Å². The van der Waals surface area contributed by atoms with Gasteiger partial charge >= 0.3 is 0 Å². The molecule has 2 aromatic carbocycles. The Morgan fingerprint density at radius 2 is 0.824 bits per heavy atom. The number of hydrogen-bond donors (Lipinski definition) is 0. The summed E-state index contributed by atoms with van der Waals surface area (Å²) in [5.41, 5.74) is 1.13. The van der Waals surface area contributed by atoms with Gasteiger partial charge in [-0.2, -0.15) is 0 Å². The highest BCUT2D eigenvalue weighted by molar-refractivity contribution is 9.10. The highest BCUT2D eigenvalue weighted by atomic mass is 79.9. The topological polar surface area (TPSA) is 74.8 Å². The number of benzene rings is 2. The predicted molar refractivity (Wildman–Crippen MR) is 130 cm³/mol. The quantitative estimate of drug-likeness (QED) is 0.394. The Kier molecular flexibility index (Phi) is 4.26. The van der Waals surface area contributed by atoms with Crippen LogP contribution in [0.2, 0.25) is 0 Å². The molecule has 8 rings (SSSR count). The fourth-order valence-corrected chi connectivity index (χ4v) is 7.82. The lowest BCUT2D eigenvalue weighted by atomic mass is 9.40. The van der Waals surface area contributed by atoms with Gasteiger partial charge in [-0.25, -0.2) is 0 Å².